The van der Waals surface area contributed by atoms with Gasteiger partial charge >= 0.3 is 11.9 Å². The van der Waals surface area contributed by atoms with Crippen LogP contribution in [0.5, 0.6) is 23.0 Å². The number of benzene rings is 4. The molecule has 4 fully saturated rings. The van der Waals surface area contributed by atoms with Gasteiger partial charge in [0.25, 0.3) is 19.2 Å². The Morgan fingerprint density at radius 3 is 1.37 bits per heavy atom. The van der Waals surface area contributed by atoms with Crippen molar-refractivity contribution in [1.29, 1.82) is 0 Å². The Bertz CT molecular complexity index is 3010. The molecule has 0 radical (unpaired) electrons. The highest BCUT2D eigenvalue weighted by Gasteiger charge is 2.79. The van der Waals surface area contributed by atoms with Gasteiger partial charge in [0.05, 0.1) is 40.4 Å². The quantitative estimate of drug-likeness (QED) is 0.0412. The highest BCUT2D eigenvalue weighted by atomic mass is 35.7. The second-order valence-electron chi connectivity index (χ2n) is 20.1. The van der Waals surface area contributed by atoms with Gasteiger partial charge in [-0.2, -0.15) is 8.42 Å². The van der Waals surface area contributed by atoms with E-state index in [1.807, 2.05) is 72.8 Å². The fourth-order valence-electron chi connectivity index (χ4n) is 11.6. The van der Waals surface area contributed by atoms with E-state index < -0.39 is 77.2 Å². The zero-order chi connectivity index (χ0) is 53.8. The summed E-state index contributed by atoms with van der Waals surface area (Å²) in [6.45, 7) is 3.01. The number of ether oxygens (including phenoxy) is 4. The molecule has 16 nitrogen and oxygen atoms in total. The van der Waals surface area contributed by atoms with Crippen molar-refractivity contribution in [3.05, 3.63) is 133 Å². The van der Waals surface area contributed by atoms with Gasteiger partial charge in [-0.3, -0.25) is 23.4 Å². The molecule has 4 aromatic rings. The summed E-state index contributed by atoms with van der Waals surface area (Å²) >= 11 is 0. The van der Waals surface area contributed by atoms with Crippen molar-refractivity contribution in [2.24, 2.45) is 34.5 Å². The molecule has 2 saturated heterocycles. The number of para-hydroxylation sites is 2. The molecule has 0 unspecified atom stereocenters. The van der Waals surface area contributed by atoms with Crippen LogP contribution in [0.15, 0.2) is 143 Å². The van der Waals surface area contributed by atoms with Gasteiger partial charge in [0.2, 0.25) is 0 Å². The first kappa shape index (κ1) is 55.5. The fraction of sp³-hybridized carbons (Fsp3) is 0.429. The van der Waals surface area contributed by atoms with Gasteiger partial charge in [0.1, 0.15) is 56.6 Å². The Labute approximate surface area is 441 Å². The van der Waals surface area contributed by atoms with E-state index in [1.54, 1.807) is 38.1 Å². The van der Waals surface area contributed by atoms with Crippen molar-refractivity contribution >= 4 is 53.4 Å². The number of halogens is 1. The molecule has 2 aliphatic heterocycles. The molecule has 4 aromatic carbocycles. The SMILES string of the molecule is C[C@@]12OC(=O)[C@]1([C@@H](O)[C@@H]1C=CCCC1)CC(=O)[C@@H]2CCO.C[C@@]12OC(=O)[C@]1([C@@H](O)[C@@H]1C=CCCC1)CC(=O)[C@@H]2CCOS(=O)(=O)c1ccc(Oc2ccccc2)cc1.O=S(=O)(Cl)c1ccc(Oc2ccccc2)cc1. The van der Waals surface area contributed by atoms with E-state index in [1.165, 1.54) is 36.4 Å². The van der Waals surface area contributed by atoms with Crippen LogP contribution in [-0.2, 0) is 52.0 Å². The molecule has 10 atom stereocenters. The van der Waals surface area contributed by atoms with Crippen LogP contribution < -0.4 is 9.47 Å². The number of carbonyl (C=O) groups excluding carboxylic acids is 4. The van der Waals surface area contributed by atoms with E-state index in [0.29, 0.717) is 23.0 Å². The minimum atomic E-state index is -4.08. The molecule has 2 saturated carbocycles. The third-order valence-electron chi connectivity index (χ3n) is 15.8. The summed E-state index contributed by atoms with van der Waals surface area (Å²) in [6.07, 6.45) is 11.5. The van der Waals surface area contributed by atoms with Gasteiger partial charge in [-0.25, -0.2) is 8.42 Å². The molecule has 0 bridgehead atoms. The first-order chi connectivity index (χ1) is 35.7. The van der Waals surface area contributed by atoms with Gasteiger partial charge in [-0.15, -0.1) is 0 Å². The second-order valence-corrected chi connectivity index (χ2v) is 24.2. The Hall–Kier alpha value is -5.73. The maximum atomic E-state index is 13.0. The van der Waals surface area contributed by atoms with Crippen molar-refractivity contribution in [2.45, 2.75) is 111 Å². The Balaban J connectivity index is 0.000000165. The summed E-state index contributed by atoms with van der Waals surface area (Å²) in [5.74, 6) is -0.600. The first-order valence-corrected chi connectivity index (χ1v) is 28.7. The molecule has 4 aliphatic carbocycles. The Morgan fingerprint density at radius 2 is 1.00 bits per heavy atom. The molecule has 400 valence electrons. The van der Waals surface area contributed by atoms with Crippen LogP contribution in [-0.4, -0.2) is 92.3 Å². The summed E-state index contributed by atoms with van der Waals surface area (Å²) in [5.41, 5.74) is -4.62. The molecule has 2 heterocycles. The lowest BCUT2D eigenvalue weighted by molar-refractivity contribution is -0.264. The number of hydrogen-bond donors (Lipinski definition) is 3. The number of carbonyl (C=O) groups is 4. The lowest BCUT2D eigenvalue weighted by Gasteiger charge is -2.55. The highest BCUT2D eigenvalue weighted by Crippen LogP contribution is 2.64. The Morgan fingerprint density at radius 1 is 0.600 bits per heavy atom. The van der Waals surface area contributed by atoms with Crippen LogP contribution in [0.2, 0.25) is 0 Å². The maximum absolute atomic E-state index is 13.0. The second kappa shape index (κ2) is 22.5. The largest absolute Gasteiger partial charge is 0.457 e. The van der Waals surface area contributed by atoms with E-state index in [-0.39, 0.29) is 72.1 Å². The first-order valence-electron chi connectivity index (χ1n) is 25.0. The van der Waals surface area contributed by atoms with Crippen LogP contribution in [0.4, 0.5) is 0 Å². The normalized spacial score (nSPS) is 29.3. The number of rotatable bonds is 16. The van der Waals surface area contributed by atoms with Crippen LogP contribution >= 0.6 is 10.7 Å². The van der Waals surface area contributed by atoms with Gasteiger partial charge in [-0.05, 0) is 138 Å². The monoisotopic (exact) mass is 1090 g/mol. The molecule has 10 rings (SSSR count). The molecule has 75 heavy (non-hydrogen) atoms. The smallest absolute Gasteiger partial charge is 0.319 e. The predicted molar refractivity (Wildman–Crippen MR) is 273 cm³/mol. The minimum Gasteiger partial charge on any atom is -0.457 e. The third-order valence-corrected chi connectivity index (χ3v) is 18.5. The van der Waals surface area contributed by atoms with Crippen molar-refractivity contribution < 1.29 is 74.5 Å². The minimum absolute atomic E-state index is 0.0263. The topological polar surface area (TPSA) is 243 Å². The van der Waals surface area contributed by atoms with Gasteiger partial charge in [-0.1, -0.05) is 60.7 Å². The molecule has 19 heteroatoms. The van der Waals surface area contributed by atoms with Crippen molar-refractivity contribution in [3.8, 4) is 23.0 Å². The number of allylic oxidation sites excluding steroid dienone is 2. The maximum Gasteiger partial charge on any atom is 0.319 e. The van der Waals surface area contributed by atoms with E-state index >= 15 is 0 Å². The van der Waals surface area contributed by atoms with E-state index in [0.717, 1.165) is 38.5 Å². The van der Waals surface area contributed by atoms with Crippen LogP contribution in [0.25, 0.3) is 0 Å². The van der Waals surface area contributed by atoms with E-state index in [4.69, 9.17) is 38.9 Å². The van der Waals surface area contributed by atoms with Gasteiger partial charge in [0, 0.05) is 42.0 Å². The van der Waals surface area contributed by atoms with Crippen LogP contribution in [0.1, 0.15) is 78.1 Å². The molecule has 6 aliphatic rings. The number of fused-ring (bicyclic) bond motifs is 2. The summed E-state index contributed by atoms with van der Waals surface area (Å²) in [4.78, 5) is 50.2. The average molecular weight is 1090 g/mol. The van der Waals surface area contributed by atoms with Crippen molar-refractivity contribution in [2.75, 3.05) is 13.2 Å². The standard InChI is InChI=1S/C28H30O8S.C16H22O5.C12H9ClO3S/c1-27-23(24(29)18-28(27,26(31)36-27)25(30)19-8-4-2-5-9-19)16-17-34-37(32,33)22-14-12-21(13-15-22)35-20-10-6-3-7-11-20;1-15-11(7-8-17)12(18)9-16(15,14(20)21-15)13(19)10-5-3-2-4-6-10;13-17(14,15)12-8-6-11(7-9-12)16-10-4-2-1-3-5-10/h3-4,6-8,10-15,19,23,25,30H,2,5,9,16-18H2,1H3;3,5,10-11,13,17,19H,2,4,6-9H2,1H3;1-9H/t19-,23+,25+,27+,28-;10-,11+,13+,15+,16-;/m11./s1. The van der Waals surface area contributed by atoms with E-state index in [2.05, 4.69) is 0 Å². The van der Waals surface area contributed by atoms with Gasteiger partial charge in [0.15, 0.2) is 0 Å². The molecule has 0 spiro atoms. The van der Waals surface area contributed by atoms with Crippen LogP contribution in [0.3, 0.4) is 0 Å². The summed E-state index contributed by atoms with van der Waals surface area (Å²) in [6, 6.07) is 30.1. The van der Waals surface area contributed by atoms with Crippen molar-refractivity contribution in [3.63, 3.8) is 0 Å². The molecular weight excluding hydrogens is 1030 g/mol. The summed E-state index contributed by atoms with van der Waals surface area (Å²) in [5, 5.41) is 31.2. The average Bonchev–Trinajstić information content (AvgIpc) is 3.77. The lowest BCUT2D eigenvalue weighted by Crippen LogP contribution is -2.70. The molecular formula is C56H61ClO16S2. The van der Waals surface area contributed by atoms with E-state index in [9.17, 15) is 46.2 Å². The number of esters is 2. The lowest BCUT2D eigenvalue weighted by atomic mass is 9.60. The zero-order valence-electron chi connectivity index (χ0n) is 41.5. The highest BCUT2D eigenvalue weighted by molar-refractivity contribution is 8.13. The number of hydrogen-bond acceptors (Lipinski definition) is 16. The number of aliphatic hydroxyl groups is 3. The molecule has 3 N–H and O–H groups in total. The molecule has 0 amide bonds. The number of aliphatic hydroxyl groups excluding tert-OH is 3. The fourth-order valence-corrected chi connectivity index (χ4v) is 13.3. The molecule has 0 aromatic heterocycles. The summed E-state index contributed by atoms with van der Waals surface area (Å²) < 4.78 is 74.8. The Kier molecular flexibility index (Phi) is 16.6. The van der Waals surface area contributed by atoms with Crippen molar-refractivity contribution in [1.82, 2.24) is 0 Å². The van der Waals surface area contributed by atoms with Gasteiger partial charge < -0.3 is 34.3 Å². The predicted octanol–water partition coefficient (Wildman–Crippen LogP) is 8.57. The summed E-state index contributed by atoms with van der Waals surface area (Å²) in [7, 11) is -2.56. The van der Waals surface area contributed by atoms with Crippen LogP contribution in [0, 0.1) is 34.5 Å². The number of Topliss-reactive ketones (excluding diaryl/α,β-unsaturated/α-hetero) is 2. The zero-order valence-corrected chi connectivity index (χ0v) is 43.9. The number of ketones is 2. The third kappa shape index (κ3) is 10.8.